The first kappa shape index (κ1) is 21.5. The lowest BCUT2D eigenvalue weighted by atomic mass is 9.95. The van der Waals surface area contributed by atoms with Crippen LogP contribution in [-0.2, 0) is 19.5 Å². The first-order valence-corrected chi connectivity index (χ1v) is 12.5. The van der Waals surface area contributed by atoms with Gasteiger partial charge in [-0.3, -0.25) is 14.8 Å². The number of piperazine rings is 2. The Morgan fingerprint density at radius 3 is 2.94 bits per heavy atom. The number of aromatic nitrogens is 1. The predicted molar refractivity (Wildman–Crippen MR) is 136 cm³/mol. The summed E-state index contributed by atoms with van der Waals surface area (Å²) in [6.07, 6.45) is 2.92. The van der Waals surface area contributed by atoms with Gasteiger partial charge in [-0.15, -0.1) is 0 Å². The third-order valence-corrected chi connectivity index (χ3v) is 7.94. The molecule has 3 aromatic rings. The Morgan fingerprint density at radius 2 is 2.03 bits per heavy atom. The number of hydrogen-bond acceptors (Lipinski definition) is 6. The van der Waals surface area contributed by atoms with Crippen molar-refractivity contribution < 1.29 is 0 Å². The fraction of sp³-hybridized carbons (Fsp3) is 0.429. The smallest absolute Gasteiger partial charge is 0.101 e. The van der Waals surface area contributed by atoms with Gasteiger partial charge in [0, 0.05) is 75.2 Å². The molecule has 4 heterocycles. The van der Waals surface area contributed by atoms with E-state index in [0.717, 1.165) is 69.7 Å². The molecule has 1 N–H and O–H groups in total. The van der Waals surface area contributed by atoms with Crippen LogP contribution in [0.25, 0.3) is 10.9 Å². The zero-order valence-electron chi connectivity index (χ0n) is 19.9. The summed E-state index contributed by atoms with van der Waals surface area (Å²) in [6, 6.07) is 18.3. The van der Waals surface area contributed by atoms with Crippen molar-refractivity contribution in [3.63, 3.8) is 0 Å². The first-order chi connectivity index (χ1) is 16.7. The molecule has 0 amide bonds. The van der Waals surface area contributed by atoms with E-state index in [9.17, 15) is 5.26 Å². The molecule has 0 radical (unpaired) electrons. The number of fused-ring (bicyclic) bond motifs is 3. The third kappa shape index (κ3) is 3.84. The van der Waals surface area contributed by atoms with Gasteiger partial charge in [0.2, 0.25) is 0 Å². The highest BCUT2D eigenvalue weighted by Crippen LogP contribution is 2.32. The Bertz CT molecular complexity index is 1250. The molecule has 1 aromatic heterocycles. The van der Waals surface area contributed by atoms with E-state index in [1.165, 1.54) is 22.4 Å². The van der Waals surface area contributed by atoms with Crippen LogP contribution in [0.1, 0.15) is 29.2 Å². The zero-order chi connectivity index (χ0) is 23.1. The topological polar surface area (TPSA) is 58.4 Å². The quantitative estimate of drug-likeness (QED) is 0.659. The van der Waals surface area contributed by atoms with E-state index in [1.54, 1.807) is 6.20 Å². The number of nitriles is 1. The molecule has 0 aliphatic carbocycles. The summed E-state index contributed by atoms with van der Waals surface area (Å²) >= 11 is 0. The summed E-state index contributed by atoms with van der Waals surface area (Å²) in [7, 11) is 0. The van der Waals surface area contributed by atoms with Gasteiger partial charge in [-0.2, -0.15) is 5.26 Å². The van der Waals surface area contributed by atoms with Crippen LogP contribution in [-0.4, -0.2) is 66.1 Å². The molecule has 6 nitrogen and oxygen atoms in total. The lowest BCUT2D eigenvalue weighted by Crippen LogP contribution is -2.65. The van der Waals surface area contributed by atoms with E-state index in [0.29, 0.717) is 17.6 Å². The van der Waals surface area contributed by atoms with Crippen molar-refractivity contribution in [2.45, 2.75) is 38.5 Å². The molecule has 2 unspecified atom stereocenters. The molecule has 174 valence electrons. The standard InChI is InChI=1S/C28H32N6/c1-20-16-33(27-8-7-22(14-29)28-25(27)6-3-10-31-28)19-24-18-32(12-13-34(20)24)17-23-5-2-4-21-9-11-30-15-26(21)23/h2-8,10,20,24,30H,9,11-13,15-19H2,1H3. The summed E-state index contributed by atoms with van der Waals surface area (Å²) in [4.78, 5) is 12.4. The minimum Gasteiger partial charge on any atom is -0.368 e. The average Bonchev–Trinajstić information content (AvgIpc) is 2.88. The second-order valence-electron chi connectivity index (χ2n) is 10.0. The monoisotopic (exact) mass is 452 g/mol. The second-order valence-corrected chi connectivity index (χ2v) is 10.0. The average molecular weight is 453 g/mol. The molecule has 3 aliphatic rings. The number of rotatable bonds is 3. The third-order valence-electron chi connectivity index (χ3n) is 7.94. The van der Waals surface area contributed by atoms with Crippen LogP contribution in [0.5, 0.6) is 0 Å². The van der Waals surface area contributed by atoms with Crippen molar-refractivity contribution in [1.82, 2.24) is 20.1 Å². The minimum atomic E-state index is 0.497. The maximum absolute atomic E-state index is 9.54. The van der Waals surface area contributed by atoms with Crippen molar-refractivity contribution in [3.8, 4) is 6.07 Å². The van der Waals surface area contributed by atoms with Crippen LogP contribution in [0.3, 0.4) is 0 Å². The molecule has 0 bridgehead atoms. The van der Waals surface area contributed by atoms with E-state index < -0.39 is 0 Å². The highest BCUT2D eigenvalue weighted by Gasteiger charge is 2.36. The zero-order valence-corrected chi connectivity index (χ0v) is 19.9. The number of benzene rings is 2. The van der Waals surface area contributed by atoms with E-state index in [1.807, 2.05) is 12.1 Å². The van der Waals surface area contributed by atoms with Gasteiger partial charge in [0.1, 0.15) is 6.07 Å². The van der Waals surface area contributed by atoms with Crippen molar-refractivity contribution in [3.05, 3.63) is 70.9 Å². The number of nitrogens with one attached hydrogen (secondary N) is 1. The maximum atomic E-state index is 9.54. The number of anilines is 1. The van der Waals surface area contributed by atoms with Crippen molar-refractivity contribution in [1.29, 1.82) is 5.26 Å². The number of pyridine rings is 1. The SMILES string of the molecule is CC1CN(c2ccc(C#N)c3ncccc23)CC2CN(Cc3cccc4c3CNCC4)CCN12. The normalized spacial score (nSPS) is 23.4. The summed E-state index contributed by atoms with van der Waals surface area (Å²) in [6.45, 7) is 10.8. The molecular formula is C28H32N6. The number of hydrogen-bond donors (Lipinski definition) is 1. The molecule has 0 saturated carbocycles. The largest absolute Gasteiger partial charge is 0.368 e. The van der Waals surface area contributed by atoms with Gasteiger partial charge >= 0.3 is 0 Å². The molecule has 2 saturated heterocycles. The van der Waals surface area contributed by atoms with Gasteiger partial charge in [0.05, 0.1) is 11.1 Å². The van der Waals surface area contributed by atoms with Crippen LogP contribution in [0.4, 0.5) is 5.69 Å². The number of nitrogens with zero attached hydrogens (tertiary/aromatic N) is 5. The van der Waals surface area contributed by atoms with Gasteiger partial charge in [0.15, 0.2) is 0 Å². The Morgan fingerprint density at radius 1 is 1.09 bits per heavy atom. The second kappa shape index (κ2) is 8.99. The summed E-state index contributed by atoms with van der Waals surface area (Å²) < 4.78 is 0. The molecule has 2 atom stereocenters. The van der Waals surface area contributed by atoms with E-state index in [-0.39, 0.29) is 0 Å². The molecule has 6 rings (SSSR count). The van der Waals surface area contributed by atoms with E-state index >= 15 is 0 Å². The maximum Gasteiger partial charge on any atom is 0.101 e. The van der Waals surface area contributed by atoms with Crippen LogP contribution in [0.2, 0.25) is 0 Å². The van der Waals surface area contributed by atoms with Gasteiger partial charge in [0.25, 0.3) is 0 Å². The lowest BCUT2D eigenvalue weighted by Gasteiger charge is -2.51. The highest BCUT2D eigenvalue weighted by atomic mass is 15.4. The Balaban J connectivity index is 1.23. The summed E-state index contributed by atoms with van der Waals surface area (Å²) in [5, 5.41) is 14.2. The molecule has 34 heavy (non-hydrogen) atoms. The first-order valence-electron chi connectivity index (χ1n) is 12.5. The minimum absolute atomic E-state index is 0.497. The van der Waals surface area contributed by atoms with Crippen LogP contribution in [0, 0.1) is 11.3 Å². The molecule has 2 aromatic carbocycles. The molecule has 2 fully saturated rings. The van der Waals surface area contributed by atoms with Gasteiger partial charge in [-0.25, -0.2) is 0 Å². The molecule has 3 aliphatic heterocycles. The molecule has 0 spiro atoms. The van der Waals surface area contributed by atoms with E-state index in [4.69, 9.17) is 0 Å². The van der Waals surface area contributed by atoms with E-state index in [2.05, 4.69) is 68.3 Å². The Kier molecular flexibility index (Phi) is 5.70. The summed E-state index contributed by atoms with van der Waals surface area (Å²) in [5.74, 6) is 0. The fourth-order valence-electron chi connectivity index (χ4n) is 6.27. The van der Waals surface area contributed by atoms with Crippen LogP contribution in [0.15, 0.2) is 48.7 Å². The molecular weight excluding hydrogens is 420 g/mol. The van der Waals surface area contributed by atoms with Crippen molar-refractivity contribution in [2.75, 3.05) is 44.2 Å². The lowest BCUT2D eigenvalue weighted by molar-refractivity contribution is 0.0316. The van der Waals surface area contributed by atoms with Gasteiger partial charge < -0.3 is 10.2 Å². The predicted octanol–water partition coefficient (Wildman–Crippen LogP) is 3.15. The fourth-order valence-corrected chi connectivity index (χ4v) is 6.27. The molecule has 6 heteroatoms. The highest BCUT2D eigenvalue weighted by molar-refractivity contribution is 5.95. The van der Waals surface area contributed by atoms with Crippen LogP contribution >= 0.6 is 0 Å². The van der Waals surface area contributed by atoms with Gasteiger partial charge in [-0.05, 0) is 60.8 Å². The van der Waals surface area contributed by atoms with Crippen molar-refractivity contribution >= 4 is 16.6 Å². The summed E-state index contributed by atoms with van der Waals surface area (Å²) in [5.41, 5.74) is 7.19. The van der Waals surface area contributed by atoms with Gasteiger partial charge in [-0.1, -0.05) is 18.2 Å². The van der Waals surface area contributed by atoms with Crippen molar-refractivity contribution in [2.24, 2.45) is 0 Å². The Hall–Kier alpha value is -2.98. The van der Waals surface area contributed by atoms with Crippen LogP contribution < -0.4 is 10.2 Å². The Labute approximate surface area is 201 Å².